The summed E-state index contributed by atoms with van der Waals surface area (Å²) < 4.78 is 16.4. The Labute approximate surface area is 210 Å². The van der Waals surface area contributed by atoms with E-state index < -0.39 is 5.91 Å². The molecule has 0 bridgehead atoms. The molecule has 8 nitrogen and oxygen atoms in total. The molecule has 0 heterocycles. The van der Waals surface area contributed by atoms with Gasteiger partial charge in [-0.15, -0.1) is 0 Å². The first-order valence-electron chi connectivity index (χ1n) is 11.3. The lowest BCUT2D eigenvalue weighted by molar-refractivity contribution is -0.118. The molecule has 3 rings (SSSR count). The number of anilines is 2. The number of carbonyl (C=O) groups is 2. The van der Waals surface area contributed by atoms with Crippen LogP contribution in [0.25, 0.3) is 6.08 Å². The normalized spacial score (nSPS) is 10.7. The van der Waals surface area contributed by atoms with Crippen molar-refractivity contribution >= 4 is 29.3 Å². The van der Waals surface area contributed by atoms with Gasteiger partial charge in [0.05, 0.1) is 13.7 Å². The molecule has 0 saturated heterocycles. The first kappa shape index (κ1) is 25.8. The van der Waals surface area contributed by atoms with E-state index in [1.54, 1.807) is 55.6 Å². The quantitative estimate of drug-likeness (QED) is 0.310. The fourth-order valence-electron chi connectivity index (χ4n) is 3.23. The van der Waals surface area contributed by atoms with Crippen molar-refractivity contribution in [1.82, 2.24) is 0 Å². The van der Waals surface area contributed by atoms with Gasteiger partial charge in [-0.2, -0.15) is 5.26 Å². The first-order valence-corrected chi connectivity index (χ1v) is 11.3. The highest BCUT2D eigenvalue weighted by Crippen LogP contribution is 2.29. The predicted molar refractivity (Wildman–Crippen MR) is 138 cm³/mol. The Hall–Kier alpha value is -4.77. The van der Waals surface area contributed by atoms with E-state index in [0.29, 0.717) is 40.8 Å². The van der Waals surface area contributed by atoms with E-state index in [2.05, 4.69) is 10.6 Å². The molecule has 2 N–H and O–H groups in total. The molecule has 0 radical (unpaired) electrons. The average Bonchev–Trinajstić information content (AvgIpc) is 2.88. The summed E-state index contributed by atoms with van der Waals surface area (Å²) in [6, 6.07) is 21.2. The van der Waals surface area contributed by atoms with Gasteiger partial charge in [0.25, 0.3) is 11.8 Å². The minimum absolute atomic E-state index is 0.0618. The number of nitrogens with zero attached hydrogens (tertiary/aromatic N) is 1. The number of methoxy groups -OCH3 is 1. The standard InChI is InChI=1S/C28H27N3O5/c1-4-35-26-16-20(15-21(17-29)28(33)31-24-8-6-5-7-19(24)2)9-14-25(26)36-18-27(32)30-22-10-12-23(34-3)13-11-22/h5-16H,4,18H2,1-3H3,(H,30,32)(H,31,33). The number of aryl methyl sites for hydroxylation is 1. The number of carbonyl (C=O) groups excluding carboxylic acids is 2. The minimum Gasteiger partial charge on any atom is -0.497 e. The van der Waals surface area contributed by atoms with Gasteiger partial charge in [-0.25, -0.2) is 0 Å². The summed E-state index contributed by atoms with van der Waals surface area (Å²) in [5.41, 5.74) is 2.65. The highest BCUT2D eigenvalue weighted by atomic mass is 16.5. The van der Waals surface area contributed by atoms with Gasteiger partial charge in [-0.05, 0) is 73.5 Å². The summed E-state index contributed by atoms with van der Waals surface area (Å²) in [6.45, 7) is 3.82. The van der Waals surface area contributed by atoms with Crippen LogP contribution in [0.15, 0.2) is 72.3 Å². The summed E-state index contributed by atoms with van der Waals surface area (Å²) in [5.74, 6) is 0.584. The number of nitrogens with one attached hydrogen (secondary N) is 2. The van der Waals surface area contributed by atoms with Crippen molar-refractivity contribution in [2.75, 3.05) is 31.0 Å². The van der Waals surface area contributed by atoms with Crippen LogP contribution in [-0.4, -0.2) is 32.1 Å². The molecular formula is C28H27N3O5. The predicted octanol–water partition coefficient (Wildman–Crippen LogP) is 4.97. The lowest BCUT2D eigenvalue weighted by Crippen LogP contribution is -2.20. The molecule has 2 amide bonds. The van der Waals surface area contributed by atoms with E-state index in [1.807, 2.05) is 38.1 Å². The molecular weight excluding hydrogens is 458 g/mol. The molecule has 0 aromatic heterocycles. The van der Waals surface area contributed by atoms with Crippen molar-refractivity contribution in [3.8, 4) is 23.3 Å². The zero-order valence-electron chi connectivity index (χ0n) is 20.3. The maximum Gasteiger partial charge on any atom is 0.266 e. The van der Waals surface area contributed by atoms with Crippen LogP contribution in [0.4, 0.5) is 11.4 Å². The number of rotatable bonds is 10. The van der Waals surface area contributed by atoms with Gasteiger partial charge < -0.3 is 24.8 Å². The molecule has 0 atom stereocenters. The van der Waals surface area contributed by atoms with Crippen molar-refractivity contribution < 1.29 is 23.8 Å². The molecule has 0 saturated carbocycles. The third-order valence-corrected chi connectivity index (χ3v) is 5.07. The van der Waals surface area contributed by atoms with Crippen LogP contribution in [0.2, 0.25) is 0 Å². The molecule has 3 aromatic carbocycles. The Balaban J connectivity index is 1.69. The van der Waals surface area contributed by atoms with Crippen LogP contribution in [-0.2, 0) is 9.59 Å². The van der Waals surface area contributed by atoms with Crippen LogP contribution < -0.4 is 24.8 Å². The van der Waals surface area contributed by atoms with Gasteiger partial charge in [0.1, 0.15) is 17.4 Å². The van der Waals surface area contributed by atoms with Gasteiger partial charge in [0.2, 0.25) is 0 Å². The lowest BCUT2D eigenvalue weighted by atomic mass is 10.1. The third-order valence-electron chi connectivity index (χ3n) is 5.07. The van der Waals surface area contributed by atoms with Crippen LogP contribution in [0.5, 0.6) is 17.2 Å². The van der Waals surface area contributed by atoms with E-state index in [-0.39, 0.29) is 18.1 Å². The summed E-state index contributed by atoms with van der Waals surface area (Å²) in [6.07, 6.45) is 1.47. The largest absolute Gasteiger partial charge is 0.497 e. The second-order valence-electron chi connectivity index (χ2n) is 7.64. The van der Waals surface area contributed by atoms with E-state index in [4.69, 9.17) is 14.2 Å². The molecule has 3 aromatic rings. The second kappa shape index (κ2) is 12.6. The van der Waals surface area contributed by atoms with Gasteiger partial charge >= 0.3 is 0 Å². The molecule has 0 spiro atoms. The van der Waals surface area contributed by atoms with E-state index in [0.717, 1.165) is 5.56 Å². The molecule has 0 fully saturated rings. The summed E-state index contributed by atoms with van der Waals surface area (Å²) in [4.78, 5) is 24.9. The van der Waals surface area contributed by atoms with Gasteiger partial charge in [0, 0.05) is 11.4 Å². The molecule has 0 aliphatic rings. The van der Waals surface area contributed by atoms with Gasteiger partial charge in [-0.1, -0.05) is 24.3 Å². The Morgan fingerprint density at radius 2 is 1.72 bits per heavy atom. The van der Waals surface area contributed by atoms with Crippen LogP contribution in [0, 0.1) is 18.3 Å². The average molecular weight is 486 g/mol. The number of hydrogen-bond donors (Lipinski definition) is 2. The van der Waals surface area contributed by atoms with Crippen molar-refractivity contribution in [2.24, 2.45) is 0 Å². The number of amides is 2. The molecule has 0 aliphatic heterocycles. The first-order chi connectivity index (χ1) is 17.4. The van der Waals surface area contributed by atoms with Crippen molar-refractivity contribution in [2.45, 2.75) is 13.8 Å². The second-order valence-corrected chi connectivity index (χ2v) is 7.64. The molecule has 0 unspecified atom stereocenters. The number of benzene rings is 3. The summed E-state index contributed by atoms with van der Waals surface area (Å²) in [7, 11) is 1.57. The maximum atomic E-state index is 12.6. The number of nitriles is 1. The molecule has 36 heavy (non-hydrogen) atoms. The SMILES string of the molecule is CCOc1cc(C=C(C#N)C(=O)Nc2ccccc2C)ccc1OCC(=O)Nc1ccc(OC)cc1. The lowest BCUT2D eigenvalue weighted by Gasteiger charge is -2.13. The van der Waals surface area contributed by atoms with Gasteiger partial charge in [0.15, 0.2) is 18.1 Å². The Morgan fingerprint density at radius 3 is 2.39 bits per heavy atom. The van der Waals surface area contributed by atoms with Crippen LogP contribution in [0.3, 0.4) is 0 Å². The van der Waals surface area contributed by atoms with E-state index >= 15 is 0 Å². The van der Waals surface area contributed by atoms with Crippen molar-refractivity contribution in [3.05, 3.63) is 83.4 Å². The highest BCUT2D eigenvalue weighted by molar-refractivity contribution is 6.10. The third kappa shape index (κ3) is 7.11. The molecule has 8 heteroatoms. The Kier molecular flexibility index (Phi) is 9.06. The zero-order valence-corrected chi connectivity index (χ0v) is 20.3. The Morgan fingerprint density at radius 1 is 0.972 bits per heavy atom. The summed E-state index contributed by atoms with van der Waals surface area (Å²) in [5, 5.41) is 15.0. The van der Waals surface area contributed by atoms with Crippen LogP contribution in [0.1, 0.15) is 18.1 Å². The molecule has 0 aliphatic carbocycles. The maximum absolute atomic E-state index is 12.6. The van der Waals surface area contributed by atoms with E-state index in [9.17, 15) is 14.9 Å². The number of hydrogen-bond acceptors (Lipinski definition) is 6. The summed E-state index contributed by atoms with van der Waals surface area (Å²) >= 11 is 0. The van der Waals surface area contributed by atoms with Crippen molar-refractivity contribution in [1.29, 1.82) is 5.26 Å². The van der Waals surface area contributed by atoms with E-state index in [1.165, 1.54) is 6.08 Å². The Bertz CT molecular complexity index is 1290. The van der Waals surface area contributed by atoms with Crippen LogP contribution >= 0.6 is 0 Å². The number of ether oxygens (including phenoxy) is 3. The fraction of sp³-hybridized carbons (Fsp3) is 0.179. The minimum atomic E-state index is -0.514. The molecule has 184 valence electrons. The monoisotopic (exact) mass is 485 g/mol. The smallest absolute Gasteiger partial charge is 0.266 e. The van der Waals surface area contributed by atoms with Gasteiger partial charge in [-0.3, -0.25) is 9.59 Å². The van der Waals surface area contributed by atoms with Crippen molar-refractivity contribution in [3.63, 3.8) is 0 Å². The topological polar surface area (TPSA) is 110 Å². The fourth-order valence-corrected chi connectivity index (χ4v) is 3.23. The zero-order chi connectivity index (χ0) is 25.9. The highest BCUT2D eigenvalue weighted by Gasteiger charge is 2.13. The number of para-hydroxylation sites is 1.